The van der Waals surface area contributed by atoms with Crippen molar-refractivity contribution in [2.45, 2.75) is 6.61 Å². The van der Waals surface area contributed by atoms with Crippen molar-refractivity contribution in [3.8, 4) is 0 Å². The highest BCUT2D eigenvalue weighted by Gasteiger charge is 2.10. The van der Waals surface area contributed by atoms with Crippen molar-refractivity contribution in [2.75, 3.05) is 0 Å². The maximum absolute atomic E-state index is 10.9. The zero-order valence-corrected chi connectivity index (χ0v) is 8.73. The van der Waals surface area contributed by atoms with Crippen LogP contribution in [0.1, 0.15) is 15.9 Å². The smallest absolute Gasteiger partial charge is 0.151 e. The predicted molar refractivity (Wildman–Crippen MR) is 58.1 cm³/mol. The summed E-state index contributed by atoms with van der Waals surface area (Å²) in [6.45, 7) is -0.167. The van der Waals surface area contributed by atoms with Crippen LogP contribution in [-0.4, -0.2) is 11.4 Å². The van der Waals surface area contributed by atoms with Crippen LogP contribution >= 0.6 is 22.9 Å². The molecule has 4 heteroatoms. The van der Waals surface area contributed by atoms with Gasteiger partial charge in [-0.25, -0.2) is 0 Å². The fourth-order valence-corrected chi connectivity index (χ4v) is 2.63. The van der Waals surface area contributed by atoms with Gasteiger partial charge in [0.05, 0.1) is 16.3 Å². The normalized spacial score (nSPS) is 10.7. The van der Waals surface area contributed by atoms with Gasteiger partial charge in [-0.3, -0.25) is 4.79 Å². The summed E-state index contributed by atoms with van der Waals surface area (Å²) in [5.41, 5.74) is 1.11. The summed E-state index contributed by atoms with van der Waals surface area (Å²) in [5, 5.41) is 12.3. The van der Waals surface area contributed by atoms with Gasteiger partial charge in [-0.1, -0.05) is 11.6 Å². The topological polar surface area (TPSA) is 37.3 Å². The highest BCUT2D eigenvalue weighted by molar-refractivity contribution is 7.18. The number of benzene rings is 1. The van der Waals surface area contributed by atoms with Gasteiger partial charge < -0.3 is 5.11 Å². The lowest BCUT2D eigenvalue weighted by atomic mass is 10.1. The molecule has 1 aromatic carbocycles. The number of halogens is 1. The second-order valence-electron chi connectivity index (χ2n) is 2.87. The molecule has 0 amide bonds. The summed E-state index contributed by atoms with van der Waals surface area (Å²) in [5.74, 6) is 0. The van der Waals surface area contributed by atoms with E-state index in [0.717, 1.165) is 16.4 Å². The average Bonchev–Trinajstić information content (AvgIpc) is 2.66. The quantitative estimate of drug-likeness (QED) is 0.800. The molecule has 0 bridgehead atoms. The van der Waals surface area contributed by atoms with E-state index >= 15 is 0 Å². The van der Waals surface area contributed by atoms with Crippen molar-refractivity contribution in [3.63, 3.8) is 0 Å². The van der Waals surface area contributed by atoms with E-state index in [1.807, 2.05) is 11.4 Å². The second-order valence-corrected chi connectivity index (χ2v) is 4.19. The molecule has 0 fully saturated rings. The van der Waals surface area contributed by atoms with Crippen LogP contribution in [0.25, 0.3) is 10.1 Å². The van der Waals surface area contributed by atoms with Gasteiger partial charge in [0, 0.05) is 10.9 Å². The van der Waals surface area contributed by atoms with Crippen LogP contribution in [0.3, 0.4) is 0 Å². The van der Waals surface area contributed by atoms with Gasteiger partial charge in [-0.2, -0.15) is 0 Å². The highest BCUT2D eigenvalue weighted by atomic mass is 35.5. The number of aldehydes is 1. The molecule has 0 unspecified atom stereocenters. The molecular formula is C10H7ClO2S. The third-order valence-corrected chi connectivity index (χ3v) is 3.47. The first-order valence-corrected chi connectivity index (χ1v) is 5.28. The van der Waals surface area contributed by atoms with E-state index in [-0.39, 0.29) is 6.61 Å². The first kappa shape index (κ1) is 9.65. The Labute approximate surface area is 89.7 Å². The molecule has 14 heavy (non-hydrogen) atoms. The van der Waals surface area contributed by atoms with E-state index in [1.165, 1.54) is 11.3 Å². The number of carbonyl (C=O) groups is 1. The molecule has 0 atom stereocenters. The number of fused-ring (bicyclic) bond motifs is 1. The molecule has 0 radical (unpaired) electrons. The number of hydrogen-bond acceptors (Lipinski definition) is 3. The lowest BCUT2D eigenvalue weighted by molar-refractivity contribution is 0.112. The molecule has 2 rings (SSSR count). The summed E-state index contributed by atoms with van der Waals surface area (Å²) in [7, 11) is 0. The Hall–Kier alpha value is -0.900. The van der Waals surface area contributed by atoms with E-state index in [1.54, 1.807) is 6.07 Å². The fourth-order valence-electron chi connectivity index (χ4n) is 1.45. The fraction of sp³-hybridized carbons (Fsp3) is 0.100. The van der Waals surface area contributed by atoms with E-state index in [9.17, 15) is 4.79 Å². The van der Waals surface area contributed by atoms with Crippen LogP contribution in [-0.2, 0) is 6.61 Å². The van der Waals surface area contributed by atoms with Crippen molar-refractivity contribution in [2.24, 2.45) is 0 Å². The minimum Gasteiger partial charge on any atom is -0.392 e. The number of aliphatic hydroxyl groups is 1. The summed E-state index contributed by atoms with van der Waals surface area (Å²) in [6.07, 6.45) is 0.761. The van der Waals surface area contributed by atoms with Crippen LogP contribution in [0, 0.1) is 0 Å². The van der Waals surface area contributed by atoms with E-state index in [4.69, 9.17) is 16.7 Å². The standard InChI is InChI=1S/C10H7ClO2S/c11-9-3-6(4-12)8(5-13)7-1-2-14-10(7)9/h1-3,5,12H,4H2. The highest BCUT2D eigenvalue weighted by Crippen LogP contribution is 2.32. The van der Waals surface area contributed by atoms with Gasteiger partial charge in [-0.05, 0) is 23.1 Å². The minimum atomic E-state index is -0.167. The van der Waals surface area contributed by atoms with Gasteiger partial charge >= 0.3 is 0 Å². The van der Waals surface area contributed by atoms with Crippen LogP contribution in [0.5, 0.6) is 0 Å². The Morgan fingerprint density at radius 2 is 2.36 bits per heavy atom. The van der Waals surface area contributed by atoms with Gasteiger partial charge in [0.2, 0.25) is 0 Å². The van der Waals surface area contributed by atoms with Crippen LogP contribution in [0.4, 0.5) is 0 Å². The zero-order valence-electron chi connectivity index (χ0n) is 7.16. The number of aliphatic hydroxyl groups excluding tert-OH is 1. The second kappa shape index (κ2) is 3.69. The largest absolute Gasteiger partial charge is 0.392 e. The lowest BCUT2D eigenvalue weighted by Crippen LogP contribution is -1.92. The number of hydrogen-bond donors (Lipinski definition) is 1. The predicted octanol–water partition coefficient (Wildman–Crippen LogP) is 2.86. The van der Waals surface area contributed by atoms with Crippen molar-refractivity contribution in [1.82, 2.24) is 0 Å². The number of rotatable bonds is 2. The SMILES string of the molecule is O=Cc1c(CO)cc(Cl)c2sccc12. The molecule has 0 saturated carbocycles. The first-order valence-electron chi connectivity index (χ1n) is 4.02. The van der Waals surface area contributed by atoms with E-state index in [2.05, 4.69) is 0 Å². The Kier molecular flexibility index (Phi) is 2.54. The molecule has 0 saturated heterocycles. The maximum atomic E-state index is 10.9. The van der Waals surface area contributed by atoms with Crippen molar-refractivity contribution in [1.29, 1.82) is 0 Å². The molecular weight excluding hydrogens is 220 g/mol. The van der Waals surface area contributed by atoms with Crippen LogP contribution in [0.2, 0.25) is 5.02 Å². The Balaban J connectivity index is 2.88. The molecule has 0 aliphatic heterocycles. The Bertz CT molecular complexity index is 490. The van der Waals surface area contributed by atoms with Gasteiger partial charge in [0.25, 0.3) is 0 Å². The number of carbonyl (C=O) groups excluding carboxylic acids is 1. The number of thiophene rings is 1. The maximum Gasteiger partial charge on any atom is 0.151 e. The van der Waals surface area contributed by atoms with Crippen molar-refractivity contribution < 1.29 is 9.90 Å². The molecule has 1 aromatic heterocycles. The molecule has 2 aromatic rings. The van der Waals surface area contributed by atoms with Gasteiger partial charge in [0.1, 0.15) is 0 Å². The molecule has 0 aliphatic rings. The summed E-state index contributed by atoms with van der Waals surface area (Å²) in [4.78, 5) is 10.9. The van der Waals surface area contributed by atoms with Crippen molar-refractivity contribution >= 4 is 39.3 Å². The van der Waals surface area contributed by atoms with Crippen LogP contribution in [0.15, 0.2) is 17.5 Å². The molecule has 2 nitrogen and oxygen atoms in total. The molecule has 1 N–H and O–H groups in total. The summed E-state index contributed by atoms with van der Waals surface area (Å²) < 4.78 is 0.894. The molecule has 0 spiro atoms. The third-order valence-electron chi connectivity index (χ3n) is 2.11. The monoisotopic (exact) mass is 226 g/mol. The molecule has 72 valence electrons. The van der Waals surface area contributed by atoms with E-state index in [0.29, 0.717) is 16.1 Å². The molecule has 1 heterocycles. The Morgan fingerprint density at radius 1 is 1.57 bits per heavy atom. The zero-order chi connectivity index (χ0) is 10.1. The van der Waals surface area contributed by atoms with Crippen LogP contribution < -0.4 is 0 Å². The first-order chi connectivity index (χ1) is 6.77. The van der Waals surface area contributed by atoms with Gasteiger partial charge in [0.15, 0.2) is 6.29 Å². The average molecular weight is 227 g/mol. The van der Waals surface area contributed by atoms with E-state index < -0.39 is 0 Å². The van der Waals surface area contributed by atoms with Gasteiger partial charge in [-0.15, -0.1) is 11.3 Å². The third kappa shape index (κ3) is 1.34. The minimum absolute atomic E-state index is 0.167. The summed E-state index contributed by atoms with van der Waals surface area (Å²) in [6, 6.07) is 3.49. The summed E-state index contributed by atoms with van der Waals surface area (Å²) >= 11 is 7.48. The Morgan fingerprint density at radius 3 is 3.00 bits per heavy atom. The van der Waals surface area contributed by atoms with Crippen molar-refractivity contribution in [3.05, 3.63) is 33.7 Å². The lowest BCUT2D eigenvalue weighted by Gasteiger charge is -2.04. The molecule has 0 aliphatic carbocycles.